The molecule has 0 aromatic carbocycles. The second-order valence-corrected chi connectivity index (χ2v) is 5.88. The molecule has 0 unspecified atom stereocenters. The van der Waals surface area contributed by atoms with Crippen molar-refractivity contribution in [3.05, 3.63) is 0 Å². The smallest absolute Gasteiger partial charge is 0.00270 e. The van der Waals surface area contributed by atoms with Gasteiger partial charge in [0.15, 0.2) is 0 Å². The first kappa shape index (κ1) is 14.3. The van der Waals surface area contributed by atoms with Crippen LogP contribution in [-0.2, 0) is 0 Å². The quantitative estimate of drug-likeness (QED) is 0.505. The van der Waals surface area contributed by atoms with Crippen molar-refractivity contribution in [1.82, 2.24) is 4.90 Å². The molecular weight excluding hydrogens is 190 g/mol. The molecule has 0 heterocycles. The number of unbranched alkanes of at least 4 members (excludes halogenated alkanes) is 3. The van der Waals surface area contributed by atoms with Gasteiger partial charge in [-0.2, -0.15) is 12.6 Å². The highest BCUT2D eigenvalue weighted by Crippen LogP contribution is 2.14. The highest BCUT2D eigenvalue weighted by molar-refractivity contribution is 7.80. The van der Waals surface area contributed by atoms with Gasteiger partial charge in [0.05, 0.1) is 0 Å². The van der Waals surface area contributed by atoms with E-state index in [4.69, 9.17) is 0 Å². The second-order valence-electron chi connectivity index (χ2n) is 5.44. The monoisotopic (exact) mass is 217 g/mol. The van der Waals surface area contributed by atoms with E-state index in [1.807, 2.05) is 0 Å². The Hall–Kier alpha value is 0.310. The molecule has 0 rings (SSSR count). The van der Waals surface area contributed by atoms with Crippen LogP contribution in [0.1, 0.15) is 46.5 Å². The summed E-state index contributed by atoms with van der Waals surface area (Å²) in [6.07, 6.45) is 5.30. The average molecular weight is 217 g/mol. The van der Waals surface area contributed by atoms with E-state index in [0.717, 1.165) is 5.75 Å². The summed E-state index contributed by atoms with van der Waals surface area (Å²) in [6, 6.07) is 0. The third-order valence-electron chi connectivity index (χ3n) is 2.19. The first-order valence-corrected chi connectivity index (χ1v) is 6.38. The summed E-state index contributed by atoms with van der Waals surface area (Å²) in [5.41, 5.74) is 0.430. The van der Waals surface area contributed by atoms with E-state index >= 15 is 0 Å². The molecule has 14 heavy (non-hydrogen) atoms. The SMILES string of the molecule is CN(CCCCCCS)CC(C)(C)C. The van der Waals surface area contributed by atoms with Gasteiger partial charge < -0.3 is 4.90 Å². The first-order valence-electron chi connectivity index (χ1n) is 5.75. The lowest BCUT2D eigenvalue weighted by Crippen LogP contribution is -2.30. The Bertz CT molecular complexity index is 129. The Labute approximate surface area is 95.7 Å². The molecule has 0 radical (unpaired) electrons. The molecule has 0 atom stereocenters. The largest absolute Gasteiger partial charge is 0.306 e. The molecule has 0 fully saturated rings. The minimum Gasteiger partial charge on any atom is -0.306 e. The summed E-state index contributed by atoms with van der Waals surface area (Å²) in [4.78, 5) is 2.45. The van der Waals surface area contributed by atoms with Gasteiger partial charge in [-0.25, -0.2) is 0 Å². The van der Waals surface area contributed by atoms with Gasteiger partial charge in [0.1, 0.15) is 0 Å². The van der Waals surface area contributed by atoms with Gasteiger partial charge in [0, 0.05) is 6.54 Å². The predicted octanol–water partition coefficient (Wildman–Crippen LogP) is 3.45. The van der Waals surface area contributed by atoms with Gasteiger partial charge >= 0.3 is 0 Å². The number of hydrogen-bond acceptors (Lipinski definition) is 2. The summed E-state index contributed by atoms with van der Waals surface area (Å²) in [5.74, 6) is 1.04. The van der Waals surface area contributed by atoms with E-state index in [2.05, 4.69) is 45.3 Å². The maximum Gasteiger partial charge on any atom is 0.00270 e. The lowest BCUT2D eigenvalue weighted by atomic mass is 9.96. The molecule has 0 spiro atoms. The topological polar surface area (TPSA) is 3.24 Å². The van der Waals surface area contributed by atoms with Crippen LogP contribution in [0.15, 0.2) is 0 Å². The van der Waals surface area contributed by atoms with E-state index in [1.165, 1.54) is 38.8 Å². The molecule has 0 N–H and O–H groups in total. The fourth-order valence-corrected chi connectivity index (χ4v) is 1.96. The van der Waals surface area contributed by atoms with Crippen molar-refractivity contribution in [2.45, 2.75) is 46.5 Å². The van der Waals surface area contributed by atoms with Crippen LogP contribution >= 0.6 is 12.6 Å². The number of rotatable bonds is 7. The average Bonchev–Trinajstić information content (AvgIpc) is 2.00. The van der Waals surface area contributed by atoms with Crippen molar-refractivity contribution in [3.63, 3.8) is 0 Å². The highest BCUT2D eigenvalue weighted by atomic mass is 32.1. The zero-order chi connectivity index (χ0) is 11.0. The minimum atomic E-state index is 0.430. The van der Waals surface area contributed by atoms with Crippen molar-refractivity contribution in [2.75, 3.05) is 25.9 Å². The standard InChI is InChI=1S/C12H27NS/c1-12(2,3)11-13(4)9-7-5-6-8-10-14/h14H,5-11H2,1-4H3. The third-order valence-corrected chi connectivity index (χ3v) is 2.51. The van der Waals surface area contributed by atoms with E-state index < -0.39 is 0 Å². The molecule has 0 saturated heterocycles. The van der Waals surface area contributed by atoms with Gasteiger partial charge in [-0.3, -0.25) is 0 Å². The Kier molecular flexibility index (Phi) is 7.75. The summed E-state index contributed by atoms with van der Waals surface area (Å²) >= 11 is 4.21. The zero-order valence-corrected chi connectivity index (χ0v) is 11.2. The lowest BCUT2D eigenvalue weighted by molar-refractivity contribution is 0.223. The van der Waals surface area contributed by atoms with Crippen molar-refractivity contribution in [1.29, 1.82) is 0 Å². The number of hydrogen-bond donors (Lipinski definition) is 1. The maximum atomic E-state index is 4.21. The molecule has 0 saturated carbocycles. The molecular formula is C12H27NS. The van der Waals surface area contributed by atoms with Crippen LogP contribution in [0.2, 0.25) is 0 Å². The van der Waals surface area contributed by atoms with Crippen molar-refractivity contribution in [3.8, 4) is 0 Å². The summed E-state index contributed by atoms with van der Waals surface area (Å²) in [5, 5.41) is 0. The van der Waals surface area contributed by atoms with Crippen LogP contribution < -0.4 is 0 Å². The van der Waals surface area contributed by atoms with Crippen LogP contribution in [0.5, 0.6) is 0 Å². The maximum absolute atomic E-state index is 4.21. The Morgan fingerprint density at radius 1 is 1.00 bits per heavy atom. The van der Waals surface area contributed by atoms with E-state index in [0.29, 0.717) is 5.41 Å². The molecule has 0 bridgehead atoms. The first-order chi connectivity index (χ1) is 6.45. The fourth-order valence-electron chi connectivity index (χ4n) is 1.74. The molecule has 0 aromatic rings. The van der Waals surface area contributed by atoms with Gasteiger partial charge in [-0.15, -0.1) is 0 Å². The molecule has 2 heteroatoms. The van der Waals surface area contributed by atoms with E-state index in [9.17, 15) is 0 Å². The van der Waals surface area contributed by atoms with Gasteiger partial charge in [0.2, 0.25) is 0 Å². The molecule has 1 nitrogen and oxygen atoms in total. The fraction of sp³-hybridized carbons (Fsp3) is 1.00. The molecule has 0 aromatic heterocycles. The normalized spacial score (nSPS) is 12.4. The van der Waals surface area contributed by atoms with Crippen LogP contribution in [0, 0.1) is 5.41 Å². The predicted molar refractivity (Wildman–Crippen MR) is 69.3 cm³/mol. The summed E-state index contributed by atoms with van der Waals surface area (Å²) < 4.78 is 0. The van der Waals surface area contributed by atoms with Crippen LogP contribution in [0.4, 0.5) is 0 Å². The van der Waals surface area contributed by atoms with Crippen molar-refractivity contribution >= 4 is 12.6 Å². The minimum absolute atomic E-state index is 0.430. The Balaban J connectivity index is 3.31. The van der Waals surface area contributed by atoms with Gasteiger partial charge in [-0.1, -0.05) is 33.6 Å². The van der Waals surface area contributed by atoms with Crippen molar-refractivity contribution < 1.29 is 0 Å². The summed E-state index contributed by atoms with van der Waals surface area (Å²) in [6.45, 7) is 9.32. The van der Waals surface area contributed by atoms with Gasteiger partial charge in [0.25, 0.3) is 0 Å². The summed E-state index contributed by atoms with van der Waals surface area (Å²) in [7, 11) is 2.23. The lowest BCUT2D eigenvalue weighted by Gasteiger charge is -2.26. The van der Waals surface area contributed by atoms with Gasteiger partial charge in [-0.05, 0) is 37.6 Å². The highest BCUT2D eigenvalue weighted by Gasteiger charge is 2.12. The molecule has 0 aliphatic heterocycles. The third kappa shape index (κ3) is 10.4. The Morgan fingerprint density at radius 2 is 1.57 bits per heavy atom. The zero-order valence-electron chi connectivity index (χ0n) is 10.3. The number of thiol groups is 1. The molecule has 0 aliphatic carbocycles. The van der Waals surface area contributed by atoms with Crippen LogP contribution in [-0.4, -0.2) is 30.8 Å². The molecule has 0 amide bonds. The molecule has 0 aliphatic rings. The second kappa shape index (κ2) is 7.58. The Morgan fingerprint density at radius 3 is 2.07 bits per heavy atom. The van der Waals surface area contributed by atoms with Crippen LogP contribution in [0.3, 0.4) is 0 Å². The van der Waals surface area contributed by atoms with E-state index in [-0.39, 0.29) is 0 Å². The van der Waals surface area contributed by atoms with E-state index in [1.54, 1.807) is 0 Å². The van der Waals surface area contributed by atoms with Crippen LogP contribution in [0.25, 0.3) is 0 Å². The molecule has 86 valence electrons. The number of nitrogens with zero attached hydrogens (tertiary/aromatic N) is 1. The van der Waals surface area contributed by atoms with Crippen molar-refractivity contribution in [2.24, 2.45) is 5.41 Å².